The molecule has 6 nitrogen and oxygen atoms in total. The molecule has 0 radical (unpaired) electrons. The number of anilines is 1. The van der Waals surface area contributed by atoms with Crippen LogP contribution in [0.1, 0.15) is 30.2 Å². The zero-order valence-electron chi connectivity index (χ0n) is 12.6. The van der Waals surface area contributed by atoms with Crippen molar-refractivity contribution < 1.29 is 17.6 Å². The van der Waals surface area contributed by atoms with E-state index in [0.717, 1.165) is 0 Å². The zero-order chi connectivity index (χ0) is 16.3. The van der Waals surface area contributed by atoms with Gasteiger partial charge in [0.15, 0.2) is 5.76 Å². The predicted octanol–water partition coefficient (Wildman–Crippen LogP) is 2.53. The highest BCUT2D eigenvalue weighted by Crippen LogP contribution is 2.16. The van der Waals surface area contributed by atoms with Crippen LogP contribution in [0, 0.1) is 6.92 Å². The van der Waals surface area contributed by atoms with Gasteiger partial charge in [0.05, 0.1) is 4.90 Å². The number of sulfonamides is 1. The number of aryl methyl sites for hydroxylation is 1. The number of furan rings is 1. The van der Waals surface area contributed by atoms with Crippen molar-refractivity contribution in [2.24, 2.45) is 0 Å². The smallest absolute Gasteiger partial charge is 0.291 e. The summed E-state index contributed by atoms with van der Waals surface area (Å²) in [5.74, 6) is 0.464. The summed E-state index contributed by atoms with van der Waals surface area (Å²) in [5.41, 5.74) is 0.488. The summed E-state index contributed by atoms with van der Waals surface area (Å²) in [7, 11) is -3.53. The molecule has 0 aliphatic rings. The van der Waals surface area contributed by atoms with Crippen molar-refractivity contribution in [2.45, 2.75) is 31.7 Å². The molecule has 0 bridgehead atoms. The maximum atomic E-state index is 12.0. The first-order valence-electron chi connectivity index (χ1n) is 6.78. The summed E-state index contributed by atoms with van der Waals surface area (Å²) in [4.78, 5) is 12.1. The fourth-order valence-electron chi connectivity index (χ4n) is 1.85. The van der Waals surface area contributed by atoms with Gasteiger partial charge in [-0.3, -0.25) is 4.79 Å². The molecule has 2 N–H and O–H groups in total. The van der Waals surface area contributed by atoms with Crippen molar-refractivity contribution in [1.29, 1.82) is 0 Å². The summed E-state index contributed by atoms with van der Waals surface area (Å²) < 4.78 is 31.7. The average Bonchev–Trinajstić information content (AvgIpc) is 2.85. The summed E-state index contributed by atoms with van der Waals surface area (Å²) in [6.07, 6.45) is 0. The van der Waals surface area contributed by atoms with E-state index in [1.807, 2.05) is 0 Å². The van der Waals surface area contributed by atoms with Gasteiger partial charge >= 0.3 is 0 Å². The lowest BCUT2D eigenvalue weighted by molar-refractivity contribution is 0.0995. The lowest BCUT2D eigenvalue weighted by Gasteiger charge is -2.10. The predicted molar refractivity (Wildman–Crippen MR) is 83.3 cm³/mol. The molecule has 0 unspecified atom stereocenters. The number of amides is 1. The first-order valence-corrected chi connectivity index (χ1v) is 8.26. The number of carbonyl (C=O) groups excluding carboxylic acids is 1. The van der Waals surface area contributed by atoms with Crippen LogP contribution in [0.3, 0.4) is 0 Å². The highest BCUT2D eigenvalue weighted by Gasteiger charge is 2.15. The molecule has 1 heterocycles. The third-order valence-electron chi connectivity index (χ3n) is 2.78. The molecule has 118 valence electrons. The minimum Gasteiger partial charge on any atom is -0.456 e. The Kier molecular flexibility index (Phi) is 4.68. The van der Waals surface area contributed by atoms with E-state index in [1.165, 1.54) is 24.3 Å². The van der Waals surface area contributed by atoms with E-state index in [1.54, 1.807) is 32.9 Å². The number of hydrogen-bond acceptors (Lipinski definition) is 4. The number of hydrogen-bond donors (Lipinski definition) is 2. The molecular weight excluding hydrogens is 304 g/mol. The molecule has 0 saturated heterocycles. The molecule has 0 aliphatic carbocycles. The molecule has 1 aromatic carbocycles. The second kappa shape index (κ2) is 6.33. The van der Waals surface area contributed by atoms with Gasteiger partial charge in [-0.05, 0) is 57.2 Å². The van der Waals surface area contributed by atoms with Crippen molar-refractivity contribution in [1.82, 2.24) is 4.72 Å². The second-order valence-corrected chi connectivity index (χ2v) is 6.88. The number of carbonyl (C=O) groups is 1. The summed E-state index contributed by atoms with van der Waals surface area (Å²) in [6, 6.07) is 9.02. The molecule has 2 aromatic rings. The zero-order valence-corrected chi connectivity index (χ0v) is 13.4. The quantitative estimate of drug-likeness (QED) is 0.885. The van der Waals surface area contributed by atoms with E-state index < -0.39 is 10.0 Å². The van der Waals surface area contributed by atoms with Gasteiger partial charge in [-0.2, -0.15) is 0 Å². The lowest BCUT2D eigenvalue weighted by atomic mass is 10.3. The fourth-order valence-corrected chi connectivity index (χ4v) is 3.10. The van der Waals surface area contributed by atoms with Crippen molar-refractivity contribution >= 4 is 21.6 Å². The minimum absolute atomic E-state index is 0.146. The van der Waals surface area contributed by atoms with E-state index in [9.17, 15) is 13.2 Å². The third kappa shape index (κ3) is 3.96. The molecule has 7 heteroatoms. The van der Waals surface area contributed by atoms with Crippen LogP contribution < -0.4 is 10.0 Å². The lowest BCUT2D eigenvalue weighted by Crippen LogP contribution is -2.30. The molecule has 22 heavy (non-hydrogen) atoms. The van der Waals surface area contributed by atoms with Crippen LogP contribution >= 0.6 is 0 Å². The molecule has 1 amide bonds. The van der Waals surface area contributed by atoms with Gasteiger partial charge in [-0.15, -0.1) is 0 Å². The van der Waals surface area contributed by atoms with E-state index in [4.69, 9.17) is 4.42 Å². The maximum absolute atomic E-state index is 12.0. The standard InChI is InChI=1S/C15H18N2O4S/c1-10(2)17-22(19,20)13-7-5-12(6-8-13)16-15(18)14-9-4-11(3)21-14/h4-10,17H,1-3H3,(H,16,18). The maximum Gasteiger partial charge on any atom is 0.291 e. The van der Waals surface area contributed by atoms with Gasteiger partial charge < -0.3 is 9.73 Å². The molecule has 0 spiro atoms. The number of nitrogens with one attached hydrogen (secondary N) is 2. The summed E-state index contributed by atoms with van der Waals surface area (Å²) in [6.45, 7) is 5.24. The van der Waals surface area contributed by atoms with E-state index in [2.05, 4.69) is 10.0 Å². The summed E-state index contributed by atoms with van der Waals surface area (Å²) in [5, 5.41) is 2.64. The highest BCUT2D eigenvalue weighted by atomic mass is 32.2. The fraction of sp³-hybridized carbons (Fsp3) is 0.267. The monoisotopic (exact) mass is 322 g/mol. The van der Waals surface area contributed by atoms with Crippen molar-refractivity contribution in [3.8, 4) is 0 Å². The molecule has 0 saturated carbocycles. The first kappa shape index (κ1) is 16.3. The van der Waals surface area contributed by atoms with Gasteiger partial charge in [-0.1, -0.05) is 0 Å². The van der Waals surface area contributed by atoms with Crippen molar-refractivity contribution in [3.05, 3.63) is 47.9 Å². The van der Waals surface area contributed by atoms with Crippen LogP contribution in [0.15, 0.2) is 45.7 Å². The Balaban J connectivity index is 2.11. The Bertz CT molecular complexity index is 761. The normalized spacial score (nSPS) is 11.6. The molecule has 1 aromatic heterocycles. The topological polar surface area (TPSA) is 88.4 Å². The van der Waals surface area contributed by atoms with Gasteiger partial charge in [0.25, 0.3) is 5.91 Å². The first-order chi connectivity index (χ1) is 10.3. The Morgan fingerprint density at radius 3 is 2.23 bits per heavy atom. The average molecular weight is 322 g/mol. The van der Waals surface area contributed by atoms with Crippen LogP contribution in [0.2, 0.25) is 0 Å². The van der Waals surface area contributed by atoms with E-state index >= 15 is 0 Å². The third-order valence-corrected chi connectivity index (χ3v) is 4.45. The molecule has 0 aliphatic heterocycles. The van der Waals surface area contributed by atoms with Crippen LogP contribution in [-0.2, 0) is 10.0 Å². The van der Waals surface area contributed by atoms with Crippen LogP contribution in [0.4, 0.5) is 5.69 Å². The molecular formula is C15H18N2O4S. The van der Waals surface area contributed by atoms with Gasteiger partial charge in [0.1, 0.15) is 5.76 Å². The number of rotatable bonds is 5. The van der Waals surface area contributed by atoms with Crippen LogP contribution in [0.5, 0.6) is 0 Å². The highest BCUT2D eigenvalue weighted by molar-refractivity contribution is 7.89. The van der Waals surface area contributed by atoms with Crippen molar-refractivity contribution in [3.63, 3.8) is 0 Å². The van der Waals surface area contributed by atoms with Gasteiger partial charge in [0, 0.05) is 11.7 Å². The van der Waals surface area contributed by atoms with Crippen molar-refractivity contribution in [2.75, 3.05) is 5.32 Å². The Labute approximate surface area is 129 Å². The van der Waals surface area contributed by atoms with Crippen LogP contribution in [-0.4, -0.2) is 20.4 Å². The van der Waals surface area contributed by atoms with Gasteiger partial charge in [0.2, 0.25) is 10.0 Å². The molecule has 2 rings (SSSR count). The Hall–Kier alpha value is -2.12. The summed E-state index contributed by atoms with van der Waals surface area (Å²) >= 11 is 0. The molecule has 0 fully saturated rings. The van der Waals surface area contributed by atoms with E-state index in [0.29, 0.717) is 11.4 Å². The van der Waals surface area contributed by atoms with Gasteiger partial charge in [-0.25, -0.2) is 13.1 Å². The second-order valence-electron chi connectivity index (χ2n) is 5.16. The number of benzene rings is 1. The SMILES string of the molecule is Cc1ccc(C(=O)Nc2ccc(S(=O)(=O)NC(C)C)cc2)o1. The molecule has 0 atom stereocenters. The van der Waals surface area contributed by atoms with Crippen LogP contribution in [0.25, 0.3) is 0 Å². The minimum atomic E-state index is -3.53. The Morgan fingerprint density at radius 1 is 1.09 bits per heavy atom. The Morgan fingerprint density at radius 2 is 1.73 bits per heavy atom. The largest absolute Gasteiger partial charge is 0.456 e. The van der Waals surface area contributed by atoms with E-state index in [-0.39, 0.29) is 22.6 Å².